The van der Waals surface area contributed by atoms with Crippen molar-refractivity contribution < 1.29 is 18.9 Å². The van der Waals surface area contributed by atoms with Crippen LogP contribution in [0.15, 0.2) is 18.2 Å². The van der Waals surface area contributed by atoms with Crippen molar-refractivity contribution in [3.05, 3.63) is 34.1 Å². The van der Waals surface area contributed by atoms with E-state index in [1.54, 1.807) is 0 Å². The highest BCUT2D eigenvalue weighted by atomic mass is 32.2. The first kappa shape index (κ1) is 15.4. The van der Waals surface area contributed by atoms with Crippen LogP contribution in [0.1, 0.15) is 13.3 Å². The van der Waals surface area contributed by atoms with E-state index in [0.29, 0.717) is 12.3 Å². The van der Waals surface area contributed by atoms with Crippen molar-refractivity contribution in [2.24, 2.45) is 5.92 Å². The van der Waals surface area contributed by atoms with Crippen LogP contribution in [-0.2, 0) is 9.59 Å². The number of carbonyl (C=O) groups is 2. The second kappa shape index (κ2) is 6.21. The molecule has 21 heavy (non-hydrogen) atoms. The monoisotopic (exact) mass is 312 g/mol. The average Bonchev–Trinajstić information content (AvgIpc) is 2.77. The van der Waals surface area contributed by atoms with Gasteiger partial charge in [-0.2, -0.15) is 0 Å². The topological polar surface area (TPSA) is 80.5 Å². The van der Waals surface area contributed by atoms with Crippen molar-refractivity contribution in [1.29, 1.82) is 0 Å². The summed E-state index contributed by atoms with van der Waals surface area (Å²) in [6.07, 6.45) is 0.231. The molecule has 0 aromatic heterocycles. The Kier molecular flexibility index (Phi) is 4.56. The lowest BCUT2D eigenvalue weighted by Crippen LogP contribution is -2.25. The van der Waals surface area contributed by atoms with Crippen LogP contribution in [0, 0.1) is 21.8 Å². The number of carbonyl (C=O) groups excluding carboxylic acids is 2. The molecular formula is C13H13FN2O4S. The molecule has 6 nitrogen and oxygen atoms in total. The molecule has 1 aromatic carbocycles. The SMILES string of the molecule is CC(=O)SCC1CC(=O)N(c2ccc(F)cc2[N+](=O)[O-])C1. The molecule has 1 amide bonds. The number of benzene rings is 1. The Balaban J connectivity index is 2.21. The van der Waals surface area contributed by atoms with Crippen LogP contribution in [0.4, 0.5) is 15.8 Å². The number of hydrogen-bond donors (Lipinski definition) is 0. The van der Waals surface area contributed by atoms with Crippen molar-refractivity contribution in [2.75, 3.05) is 17.2 Å². The normalized spacial score (nSPS) is 18.1. The van der Waals surface area contributed by atoms with E-state index in [1.165, 1.54) is 17.9 Å². The Morgan fingerprint density at radius 3 is 2.90 bits per heavy atom. The molecule has 1 fully saturated rings. The second-order valence-corrected chi connectivity index (χ2v) is 5.96. The molecule has 1 saturated heterocycles. The summed E-state index contributed by atoms with van der Waals surface area (Å²) in [5.41, 5.74) is -0.329. The predicted octanol–water partition coefficient (Wildman–Crippen LogP) is 2.37. The largest absolute Gasteiger partial charge is 0.306 e. The van der Waals surface area contributed by atoms with Crippen molar-refractivity contribution in [3.8, 4) is 0 Å². The Labute approximate surface area is 124 Å². The Morgan fingerprint density at radius 1 is 1.57 bits per heavy atom. The van der Waals surface area contributed by atoms with Gasteiger partial charge in [0.05, 0.1) is 11.0 Å². The van der Waals surface area contributed by atoms with Gasteiger partial charge in [-0.1, -0.05) is 11.8 Å². The molecule has 0 saturated carbocycles. The van der Waals surface area contributed by atoms with Crippen LogP contribution in [0.3, 0.4) is 0 Å². The van der Waals surface area contributed by atoms with E-state index in [4.69, 9.17) is 0 Å². The van der Waals surface area contributed by atoms with Crippen LogP contribution in [0.25, 0.3) is 0 Å². The third-order valence-corrected chi connectivity index (χ3v) is 4.20. The third kappa shape index (κ3) is 3.57. The summed E-state index contributed by atoms with van der Waals surface area (Å²) in [6.45, 7) is 1.75. The van der Waals surface area contributed by atoms with Crippen LogP contribution in [0.2, 0.25) is 0 Å². The number of anilines is 1. The van der Waals surface area contributed by atoms with Gasteiger partial charge in [0.1, 0.15) is 11.5 Å². The van der Waals surface area contributed by atoms with Gasteiger partial charge in [-0.3, -0.25) is 19.7 Å². The van der Waals surface area contributed by atoms with E-state index in [1.807, 2.05) is 0 Å². The van der Waals surface area contributed by atoms with Gasteiger partial charge in [-0.25, -0.2) is 4.39 Å². The molecule has 1 aromatic rings. The van der Waals surface area contributed by atoms with Gasteiger partial charge < -0.3 is 4.90 Å². The Morgan fingerprint density at radius 2 is 2.29 bits per heavy atom. The maximum atomic E-state index is 13.1. The summed E-state index contributed by atoms with van der Waals surface area (Å²) >= 11 is 1.13. The van der Waals surface area contributed by atoms with Crippen molar-refractivity contribution in [2.45, 2.75) is 13.3 Å². The van der Waals surface area contributed by atoms with Gasteiger partial charge in [-0.15, -0.1) is 0 Å². The minimum Gasteiger partial charge on any atom is -0.306 e. The molecule has 2 rings (SSSR count). The number of nitrogens with zero attached hydrogens (tertiary/aromatic N) is 2. The minimum atomic E-state index is -0.721. The standard InChI is InChI=1S/C13H13FN2O4S/c1-8(17)21-7-9-4-13(18)15(6-9)11-3-2-10(14)5-12(11)16(19)20/h2-3,5,9H,4,6-7H2,1H3. The molecule has 8 heteroatoms. The number of rotatable bonds is 4. The lowest BCUT2D eigenvalue weighted by Gasteiger charge is -2.16. The fraction of sp³-hybridized carbons (Fsp3) is 0.385. The van der Waals surface area contributed by atoms with Gasteiger partial charge in [0.25, 0.3) is 5.69 Å². The fourth-order valence-electron chi connectivity index (χ4n) is 2.23. The van der Waals surface area contributed by atoms with Crippen LogP contribution >= 0.6 is 11.8 Å². The maximum Gasteiger partial charge on any atom is 0.295 e. The van der Waals surface area contributed by atoms with Crippen molar-refractivity contribution in [1.82, 2.24) is 0 Å². The highest BCUT2D eigenvalue weighted by Gasteiger charge is 2.34. The summed E-state index contributed by atoms with van der Waals surface area (Å²) in [5, 5.41) is 11.0. The number of nitro groups is 1. The van der Waals surface area contributed by atoms with Gasteiger partial charge in [0.2, 0.25) is 5.91 Å². The first-order chi connectivity index (χ1) is 9.88. The lowest BCUT2D eigenvalue weighted by molar-refractivity contribution is -0.384. The zero-order valence-corrected chi connectivity index (χ0v) is 12.1. The Hall–Kier alpha value is -1.96. The van der Waals surface area contributed by atoms with Gasteiger partial charge in [0, 0.05) is 25.6 Å². The smallest absolute Gasteiger partial charge is 0.295 e. The molecular weight excluding hydrogens is 299 g/mol. The molecule has 1 atom stereocenters. The van der Waals surface area contributed by atoms with E-state index < -0.39 is 16.4 Å². The maximum absolute atomic E-state index is 13.1. The van der Waals surface area contributed by atoms with E-state index in [2.05, 4.69) is 0 Å². The van der Waals surface area contributed by atoms with Crippen LogP contribution in [-0.4, -0.2) is 28.2 Å². The summed E-state index contributed by atoms with van der Waals surface area (Å²) in [6, 6.07) is 3.14. The van der Waals surface area contributed by atoms with Crippen LogP contribution in [0.5, 0.6) is 0 Å². The first-order valence-corrected chi connectivity index (χ1v) is 7.24. The summed E-state index contributed by atoms with van der Waals surface area (Å²) in [4.78, 5) is 34.5. The number of nitro benzene ring substituents is 1. The molecule has 0 N–H and O–H groups in total. The predicted molar refractivity (Wildman–Crippen MR) is 76.7 cm³/mol. The van der Waals surface area contributed by atoms with Gasteiger partial charge >= 0.3 is 0 Å². The molecule has 112 valence electrons. The molecule has 0 bridgehead atoms. The Bertz CT molecular complexity index is 608. The number of halogens is 1. The lowest BCUT2D eigenvalue weighted by atomic mass is 10.1. The minimum absolute atomic E-state index is 0.0336. The molecule has 0 aliphatic carbocycles. The molecule has 1 aliphatic heterocycles. The zero-order valence-electron chi connectivity index (χ0n) is 11.2. The van der Waals surface area contributed by atoms with E-state index in [9.17, 15) is 24.1 Å². The highest BCUT2D eigenvalue weighted by Crippen LogP contribution is 2.34. The highest BCUT2D eigenvalue weighted by molar-refractivity contribution is 8.13. The quantitative estimate of drug-likeness (QED) is 0.630. The summed E-state index contributed by atoms with van der Waals surface area (Å²) < 4.78 is 13.1. The molecule has 1 heterocycles. The van der Waals surface area contributed by atoms with Gasteiger partial charge in [0.15, 0.2) is 5.12 Å². The van der Waals surface area contributed by atoms with Gasteiger partial charge in [-0.05, 0) is 18.1 Å². The third-order valence-electron chi connectivity index (χ3n) is 3.15. The second-order valence-electron chi connectivity index (χ2n) is 4.77. The number of thioether (sulfide) groups is 1. The fourth-order valence-corrected chi connectivity index (χ4v) is 2.93. The number of hydrogen-bond acceptors (Lipinski definition) is 5. The molecule has 1 unspecified atom stereocenters. The molecule has 1 aliphatic rings. The molecule has 0 spiro atoms. The van der Waals surface area contributed by atoms with Crippen molar-refractivity contribution in [3.63, 3.8) is 0 Å². The first-order valence-electron chi connectivity index (χ1n) is 6.26. The summed E-state index contributed by atoms with van der Waals surface area (Å²) in [5.74, 6) is -0.525. The van der Waals surface area contributed by atoms with Crippen LogP contribution < -0.4 is 4.90 Å². The number of amides is 1. The zero-order chi connectivity index (χ0) is 15.6. The van der Waals surface area contributed by atoms with Crippen molar-refractivity contribution >= 4 is 34.2 Å². The molecule has 0 radical (unpaired) electrons. The summed E-state index contributed by atoms with van der Waals surface area (Å²) in [7, 11) is 0. The van der Waals surface area contributed by atoms with E-state index in [-0.39, 0.29) is 29.0 Å². The van der Waals surface area contributed by atoms with E-state index in [0.717, 1.165) is 23.9 Å². The van der Waals surface area contributed by atoms with E-state index >= 15 is 0 Å². The average molecular weight is 312 g/mol.